The zero-order valence-electron chi connectivity index (χ0n) is 9.62. The molecule has 0 saturated carbocycles. The number of aryl methyl sites for hydroxylation is 1. The summed E-state index contributed by atoms with van der Waals surface area (Å²) < 4.78 is 0.955. The van der Waals surface area contributed by atoms with Crippen LogP contribution in [0.4, 0.5) is 0 Å². The van der Waals surface area contributed by atoms with Gasteiger partial charge in [-0.1, -0.05) is 0 Å². The number of hydrogen-bond acceptors (Lipinski definition) is 3. The van der Waals surface area contributed by atoms with Gasteiger partial charge in [-0.15, -0.1) is 11.3 Å². The van der Waals surface area contributed by atoms with Gasteiger partial charge in [0.2, 0.25) is 5.91 Å². The van der Waals surface area contributed by atoms with Gasteiger partial charge < -0.3 is 10.8 Å². The summed E-state index contributed by atoms with van der Waals surface area (Å²) in [6.07, 6.45) is 0.120. The zero-order valence-corrected chi connectivity index (χ0v) is 12.0. The number of aromatic nitrogens is 2. The third-order valence-electron chi connectivity index (χ3n) is 2.70. The molecule has 0 spiro atoms. The lowest BCUT2D eigenvalue weighted by atomic mass is 9.94. The molecule has 0 aliphatic heterocycles. The molecule has 5 nitrogen and oxygen atoms in total. The van der Waals surface area contributed by atoms with E-state index in [4.69, 9.17) is 5.73 Å². The number of H-pyrrole nitrogens is 2. The Morgan fingerprint density at radius 2 is 2.22 bits per heavy atom. The Hall–Kier alpha value is -1.34. The van der Waals surface area contributed by atoms with E-state index in [2.05, 4.69) is 26.1 Å². The lowest BCUT2D eigenvalue weighted by Gasteiger charge is -2.11. The standard InChI is InChI=1S/C11H12BrN3O2S/c1-5-10(11(17)15-14-5)6(4-9(13)16)7-2-3-8(12)18-7/h2-3,6H,4H2,1H3,(H2,13,16)(H2,14,15,17)/t6-/m0/s1. The minimum atomic E-state index is -0.426. The Balaban J connectivity index is 2.49. The van der Waals surface area contributed by atoms with Crippen molar-refractivity contribution in [1.82, 2.24) is 10.2 Å². The van der Waals surface area contributed by atoms with Crippen molar-refractivity contribution in [1.29, 1.82) is 0 Å². The lowest BCUT2D eigenvalue weighted by molar-refractivity contribution is -0.118. The summed E-state index contributed by atoms with van der Waals surface area (Å²) in [5, 5.41) is 5.30. The van der Waals surface area contributed by atoms with Crippen molar-refractivity contribution in [3.05, 3.63) is 42.4 Å². The van der Waals surface area contributed by atoms with Crippen LogP contribution in [-0.4, -0.2) is 16.1 Å². The highest BCUT2D eigenvalue weighted by Crippen LogP contribution is 2.34. The van der Waals surface area contributed by atoms with Crippen LogP contribution in [0.5, 0.6) is 0 Å². The summed E-state index contributed by atoms with van der Waals surface area (Å²) in [4.78, 5) is 23.9. The number of primary amides is 1. The first-order valence-corrected chi connectivity index (χ1v) is 6.90. The summed E-state index contributed by atoms with van der Waals surface area (Å²) >= 11 is 4.87. The highest BCUT2D eigenvalue weighted by atomic mass is 79.9. The van der Waals surface area contributed by atoms with Gasteiger partial charge in [-0.05, 0) is 35.0 Å². The van der Waals surface area contributed by atoms with Gasteiger partial charge in [-0.2, -0.15) is 0 Å². The Morgan fingerprint density at radius 3 is 2.67 bits per heavy atom. The van der Waals surface area contributed by atoms with E-state index in [1.54, 1.807) is 6.92 Å². The van der Waals surface area contributed by atoms with Crippen molar-refractivity contribution in [2.24, 2.45) is 5.73 Å². The number of nitrogens with one attached hydrogen (secondary N) is 2. The van der Waals surface area contributed by atoms with Crippen molar-refractivity contribution in [2.75, 3.05) is 0 Å². The third-order valence-corrected chi connectivity index (χ3v) is 4.44. The molecule has 0 aliphatic carbocycles. The first kappa shape index (κ1) is 13.1. The van der Waals surface area contributed by atoms with Gasteiger partial charge in [0.25, 0.3) is 5.56 Å². The summed E-state index contributed by atoms with van der Waals surface area (Å²) in [5.41, 5.74) is 6.37. The van der Waals surface area contributed by atoms with E-state index in [0.717, 1.165) is 14.4 Å². The normalized spacial score (nSPS) is 12.6. The average molecular weight is 330 g/mol. The molecule has 7 heteroatoms. The molecule has 18 heavy (non-hydrogen) atoms. The smallest absolute Gasteiger partial charge is 0.268 e. The van der Waals surface area contributed by atoms with Crippen LogP contribution in [-0.2, 0) is 4.79 Å². The highest BCUT2D eigenvalue weighted by Gasteiger charge is 2.24. The zero-order chi connectivity index (χ0) is 13.3. The van der Waals surface area contributed by atoms with Gasteiger partial charge in [-0.3, -0.25) is 14.7 Å². The number of thiophene rings is 1. The quantitative estimate of drug-likeness (QED) is 0.798. The van der Waals surface area contributed by atoms with Crippen molar-refractivity contribution < 1.29 is 4.79 Å². The molecule has 0 bridgehead atoms. The molecular formula is C11H12BrN3O2S. The maximum Gasteiger partial charge on any atom is 0.268 e. The van der Waals surface area contributed by atoms with Gasteiger partial charge in [0.15, 0.2) is 0 Å². The van der Waals surface area contributed by atoms with Crippen LogP contribution in [0.25, 0.3) is 0 Å². The number of nitrogens with two attached hydrogens (primary N) is 1. The van der Waals surface area contributed by atoms with Crippen LogP contribution in [0, 0.1) is 6.92 Å². The summed E-state index contributed by atoms with van der Waals surface area (Å²) in [6.45, 7) is 1.80. The highest BCUT2D eigenvalue weighted by molar-refractivity contribution is 9.11. The average Bonchev–Trinajstić information content (AvgIpc) is 2.83. The second kappa shape index (κ2) is 5.11. The maximum atomic E-state index is 11.8. The van der Waals surface area contributed by atoms with Crippen LogP contribution in [0.2, 0.25) is 0 Å². The predicted octanol–water partition coefficient (Wildman–Crippen LogP) is 1.84. The number of amides is 1. The number of aromatic amines is 2. The van der Waals surface area contributed by atoms with Crippen LogP contribution in [0.15, 0.2) is 20.7 Å². The van der Waals surface area contributed by atoms with Gasteiger partial charge in [0, 0.05) is 28.5 Å². The molecule has 2 aromatic heterocycles. The molecule has 2 heterocycles. The van der Waals surface area contributed by atoms with E-state index < -0.39 is 5.91 Å². The number of hydrogen-bond donors (Lipinski definition) is 3. The molecule has 2 aromatic rings. The minimum absolute atomic E-state index is 0.120. The summed E-state index contributed by atoms with van der Waals surface area (Å²) in [7, 11) is 0. The minimum Gasteiger partial charge on any atom is -0.370 e. The largest absolute Gasteiger partial charge is 0.370 e. The van der Waals surface area contributed by atoms with Crippen molar-refractivity contribution in [2.45, 2.75) is 19.3 Å². The number of carbonyl (C=O) groups is 1. The molecule has 0 aliphatic rings. The number of halogens is 1. The fourth-order valence-corrected chi connectivity index (χ4v) is 3.47. The molecular weight excluding hydrogens is 318 g/mol. The molecule has 1 atom stereocenters. The fourth-order valence-electron chi connectivity index (χ4n) is 1.94. The molecule has 96 valence electrons. The Labute approximate surface area is 116 Å². The van der Waals surface area contributed by atoms with Crippen LogP contribution >= 0.6 is 27.3 Å². The van der Waals surface area contributed by atoms with Crippen molar-refractivity contribution >= 4 is 33.2 Å². The Kier molecular flexibility index (Phi) is 3.72. The van der Waals surface area contributed by atoms with Crippen LogP contribution in [0.3, 0.4) is 0 Å². The van der Waals surface area contributed by atoms with E-state index in [0.29, 0.717) is 5.56 Å². The third kappa shape index (κ3) is 2.56. The number of carbonyl (C=O) groups excluding carboxylic acids is 1. The fraction of sp³-hybridized carbons (Fsp3) is 0.273. The van der Waals surface area contributed by atoms with E-state index in [1.165, 1.54) is 11.3 Å². The second-order valence-electron chi connectivity index (χ2n) is 3.98. The number of rotatable bonds is 4. The van der Waals surface area contributed by atoms with Crippen LogP contribution in [0.1, 0.15) is 28.5 Å². The van der Waals surface area contributed by atoms with Gasteiger partial charge in [0.05, 0.1) is 3.79 Å². The van der Waals surface area contributed by atoms with E-state index in [9.17, 15) is 9.59 Å². The first-order valence-electron chi connectivity index (χ1n) is 5.29. The summed E-state index contributed by atoms with van der Waals surface area (Å²) in [6, 6.07) is 3.79. The molecule has 0 aromatic carbocycles. The molecule has 4 N–H and O–H groups in total. The van der Waals surface area contributed by atoms with Gasteiger partial charge in [0.1, 0.15) is 0 Å². The first-order chi connectivity index (χ1) is 8.49. The Bertz CT molecular complexity index is 628. The molecule has 0 saturated heterocycles. The van der Waals surface area contributed by atoms with E-state index >= 15 is 0 Å². The SMILES string of the molecule is Cc1[nH][nH]c(=O)c1[C@@H](CC(N)=O)c1ccc(Br)s1. The molecule has 0 unspecified atom stereocenters. The topological polar surface area (TPSA) is 91.7 Å². The molecule has 1 amide bonds. The van der Waals surface area contributed by atoms with E-state index in [1.807, 2.05) is 12.1 Å². The van der Waals surface area contributed by atoms with Crippen LogP contribution < -0.4 is 11.3 Å². The monoisotopic (exact) mass is 329 g/mol. The van der Waals surface area contributed by atoms with Gasteiger partial charge >= 0.3 is 0 Å². The molecule has 0 radical (unpaired) electrons. The van der Waals surface area contributed by atoms with E-state index in [-0.39, 0.29) is 17.9 Å². The second-order valence-corrected chi connectivity index (χ2v) is 6.48. The summed E-state index contributed by atoms with van der Waals surface area (Å²) in [5.74, 6) is -0.724. The lowest BCUT2D eigenvalue weighted by Crippen LogP contribution is -2.20. The van der Waals surface area contributed by atoms with Crippen molar-refractivity contribution in [3.63, 3.8) is 0 Å². The molecule has 0 fully saturated rings. The predicted molar refractivity (Wildman–Crippen MR) is 73.8 cm³/mol. The van der Waals surface area contributed by atoms with Gasteiger partial charge in [-0.25, -0.2) is 0 Å². The Morgan fingerprint density at radius 1 is 1.50 bits per heavy atom. The van der Waals surface area contributed by atoms with Crippen molar-refractivity contribution in [3.8, 4) is 0 Å². The molecule has 2 rings (SSSR count). The maximum absolute atomic E-state index is 11.8.